The van der Waals surface area contributed by atoms with Gasteiger partial charge in [-0.2, -0.15) is 0 Å². The molecule has 0 atom stereocenters. The molecule has 0 aliphatic heterocycles. The van der Waals surface area contributed by atoms with Crippen molar-refractivity contribution in [2.45, 2.75) is 37.9 Å². The molecule has 4 N–H and O–H groups in total. The van der Waals surface area contributed by atoms with Gasteiger partial charge in [0.2, 0.25) is 5.88 Å². The van der Waals surface area contributed by atoms with Gasteiger partial charge in [-0.25, -0.2) is 9.78 Å². The summed E-state index contributed by atoms with van der Waals surface area (Å²) in [5.74, 6) is -0.264. The number of carbonyl (C=O) groups excluding carboxylic acids is 2. The van der Waals surface area contributed by atoms with E-state index in [1.54, 1.807) is 18.3 Å². The first-order valence-electron chi connectivity index (χ1n) is 6.85. The molecule has 0 bridgehead atoms. The monoisotopic (exact) mass is 291 g/mol. The van der Waals surface area contributed by atoms with Gasteiger partial charge in [0.05, 0.1) is 0 Å². The first-order valence-corrected chi connectivity index (χ1v) is 6.85. The van der Waals surface area contributed by atoms with Crippen LogP contribution in [0.3, 0.4) is 0 Å². The quantitative estimate of drug-likeness (QED) is 0.856. The maximum absolute atomic E-state index is 11.3. The molecule has 7 nitrogen and oxygen atoms in total. The van der Waals surface area contributed by atoms with Crippen LogP contribution in [-0.2, 0) is 4.74 Å². The van der Waals surface area contributed by atoms with Gasteiger partial charge in [-0.3, -0.25) is 4.79 Å². The third-order valence-corrected chi connectivity index (χ3v) is 4.24. The van der Waals surface area contributed by atoms with E-state index in [-0.39, 0.29) is 23.5 Å². The van der Waals surface area contributed by atoms with Crippen LogP contribution in [0.25, 0.3) is 0 Å². The Morgan fingerprint density at radius 2 is 1.86 bits per heavy atom. The number of amides is 2. The minimum Gasteiger partial charge on any atom is -0.474 e. The topological polar surface area (TPSA) is 118 Å². The fourth-order valence-electron chi connectivity index (χ4n) is 3.31. The summed E-state index contributed by atoms with van der Waals surface area (Å²) < 4.78 is 10.7. The first kappa shape index (κ1) is 13.7. The van der Waals surface area contributed by atoms with Crippen molar-refractivity contribution in [2.24, 2.45) is 16.9 Å². The Bertz CT molecular complexity index is 575. The molecule has 2 amide bonds. The SMILES string of the molecule is NC(=O)OC1CC2(C1)CC(Oc1ncccc1C(N)=O)C2. The van der Waals surface area contributed by atoms with E-state index in [9.17, 15) is 9.59 Å². The van der Waals surface area contributed by atoms with Crippen molar-refractivity contribution in [1.29, 1.82) is 0 Å². The van der Waals surface area contributed by atoms with E-state index in [1.807, 2.05) is 0 Å². The number of nitrogens with two attached hydrogens (primary N) is 2. The lowest BCUT2D eigenvalue weighted by atomic mass is 9.53. The molecule has 0 radical (unpaired) electrons. The molecule has 21 heavy (non-hydrogen) atoms. The second kappa shape index (κ2) is 4.91. The zero-order chi connectivity index (χ0) is 15.0. The van der Waals surface area contributed by atoms with E-state index >= 15 is 0 Å². The molecule has 0 aromatic carbocycles. The predicted molar refractivity (Wildman–Crippen MR) is 72.5 cm³/mol. The average molecular weight is 291 g/mol. The summed E-state index contributed by atoms with van der Waals surface area (Å²) in [4.78, 5) is 26.0. The molecule has 1 aromatic heterocycles. The largest absolute Gasteiger partial charge is 0.474 e. The first-order chi connectivity index (χ1) is 9.97. The summed E-state index contributed by atoms with van der Waals surface area (Å²) in [6.45, 7) is 0. The van der Waals surface area contributed by atoms with Crippen LogP contribution in [0.15, 0.2) is 18.3 Å². The summed E-state index contributed by atoms with van der Waals surface area (Å²) in [7, 11) is 0. The lowest BCUT2D eigenvalue weighted by molar-refractivity contribution is -0.132. The number of primary amides is 2. The molecular formula is C14H17N3O4. The van der Waals surface area contributed by atoms with Gasteiger partial charge in [-0.15, -0.1) is 0 Å². The molecule has 0 saturated heterocycles. The Labute approximate surface area is 121 Å². The molecule has 0 unspecified atom stereocenters. The molecule has 1 aromatic rings. The number of rotatable bonds is 4. The van der Waals surface area contributed by atoms with Crippen molar-refractivity contribution in [2.75, 3.05) is 0 Å². The Morgan fingerprint density at radius 1 is 1.19 bits per heavy atom. The highest BCUT2D eigenvalue weighted by Gasteiger charge is 2.55. The Balaban J connectivity index is 1.52. The predicted octanol–water partition coefficient (Wildman–Crippen LogP) is 0.966. The average Bonchev–Trinajstić information content (AvgIpc) is 2.33. The highest BCUT2D eigenvalue weighted by atomic mass is 16.6. The molecule has 112 valence electrons. The zero-order valence-corrected chi connectivity index (χ0v) is 11.5. The molecule has 1 heterocycles. The van der Waals surface area contributed by atoms with Crippen LogP contribution in [0, 0.1) is 5.41 Å². The molecular weight excluding hydrogens is 274 g/mol. The standard InChI is InChI=1S/C14H17N3O4/c15-11(18)10-2-1-3-17-12(10)20-8-4-14(5-8)6-9(7-14)21-13(16)19/h1-3,8-9H,4-7H2,(H2,15,18)(H2,16,19). The minimum atomic E-state index is -0.721. The second-order valence-electron chi connectivity index (χ2n) is 5.84. The molecule has 2 saturated carbocycles. The normalized spacial score (nSPS) is 30.1. The number of ether oxygens (including phenoxy) is 2. The van der Waals surface area contributed by atoms with Gasteiger partial charge in [-0.05, 0) is 43.2 Å². The van der Waals surface area contributed by atoms with Crippen LogP contribution >= 0.6 is 0 Å². The number of hydrogen-bond acceptors (Lipinski definition) is 5. The van der Waals surface area contributed by atoms with Gasteiger partial charge in [0.1, 0.15) is 17.8 Å². The zero-order valence-electron chi connectivity index (χ0n) is 11.5. The van der Waals surface area contributed by atoms with Gasteiger partial charge < -0.3 is 20.9 Å². The highest BCUT2D eigenvalue weighted by molar-refractivity contribution is 5.94. The Kier molecular flexibility index (Phi) is 3.19. The number of hydrogen-bond donors (Lipinski definition) is 2. The van der Waals surface area contributed by atoms with Crippen LogP contribution in [0.1, 0.15) is 36.0 Å². The highest BCUT2D eigenvalue weighted by Crippen LogP contribution is 2.57. The van der Waals surface area contributed by atoms with Crippen molar-refractivity contribution in [3.8, 4) is 5.88 Å². The molecule has 1 spiro atoms. The van der Waals surface area contributed by atoms with Gasteiger partial charge in [0.25, 0.3) is 5.91 Å². The Morgan fingerprint density at radius 3 is 2.48 bits per heavy atom. The van der Waals surface area contributed by atoms with Crippen LogP contribution in [0.2, 0.25) is 0 Å². The maximum atomic E-state index is 11.3. The fourth-order valence-corrected chi connectivity index (χ4v) is 3.31. The molecule has 3 rings (SSSR count). The fraction of sp³-hybridized carbons (Fsp3) is 0.500. The molecule has 7 heteroatoms. The lowest BCUT2D eigenvalue weighted by Crippen LogP contribution is -2.55. The van der Waals surface area contributed by atoms with Crippen molar-refractivity contribution < 1.29 is 19.1 Å². The van der Waals surface area contributed by atoms with Crippen LogP contribution in [0.5, 0.6) is 5.88 Å². The third-order valence-electron chi connectivity index (χ3n) is 4.24. The van der Waals surface area contributed by atoms with Crippen LogP contribution in [0.4, 0.5) is 4.79 Å². The maximum Gasteiger partial charge on any atom is 0.404 e. The second-order valence-corrected chi connectivity index (χ2v) is 5.84. The summed E-state index contributed by atoms with van der Waals surface area (Å²) in [6, 6.07) is 3.24. The van der Waals surface area contributed by atoms with Crippen molar-refractivity contribution in [3.63, 3.8) is 0 Å². The van der Waals surface area contributed by atoms with Gasteiger partial charge >= 0.3 is 6.09 Å². The summed E-state index contributed by atoms with van der Waals surface area (Å²) >= 11 is 0. The molecule has 2 aliphatic rings. The molecule has 2 aliphatic carbocycles. The van der Waals surface area contributed by atoms with E-state index in [0.717, 1.165) is 25.7 Å². The van der Waals surface area contributed by atoms with Crippen molar-refractivity contribution >= 4 is 12.0 Å². The van der Waals surface area contributed by atoms with E-state index < -0.39 is 12.0 Å². The van der Waals surface area contributed by atoms with E-state index in [0.29, 0.717) is 5.56 Å². The van der Waals surface area contributed by atoms with Gasteiger partial charge in [0.15, 0.2) is 0 Å². The summed E-state index contributed by atoms with van der Waals surface area (Å²) in [6.07, 6.45) is 4.16. The third kappa shape index (κ3) is 2.63. The van der Waals surface area contributed by atoms with E-state index in [1.165, 1.54) is 0 Å². The number of pyridine rings is 1. The minimum absolute atomic E-state index is 0.0209. The number of aromatic nitrogens is 1. The van der Waals surface area contributed by atoms with Crippen molar-refractivity contribution in [3.05, 3.63) is 23.9 Å². The van der Waals surface area contributed by atoms with Gasteiger partial charge in [-0.1, -0.05) is 0 Å². The van der Waals surface area contributed by atoms with Crippen LogP contribution < -0.4 is 16.2 Å². The van der Waals surface area contributed by atoms with E-state index in [4.69, 9.17) is 20.9 Å². The van der Waals surface area contributed by atoms with Crippen LogP contribution in [-0.4, -0.2) is 29.2 Å². The number of carbonyl (C=O) groups is 2. The summed E-state index contributed by atoms with van der Waals surface area (Å²) in [5, 5.41) is 0. The number of nitrogens with zero attached hydrogens (tertiary/aromatic N) is 1. The Hall–Kier alpha value is -2.31. The summed E-state index contributed by atoms with van der Waals surface area (Å²) in [5.41, 5.74) is 10.8. The van der Waals surface area contributed by atoms with E-state index in [2.05, 4.69) is 4.98 Å². The smallest absolute Gasteiger partial charge is 0.404 e. The van der Waals surface area contributed by atoms with Gasteiger partial charge in [0, 0.05) is 6.20 Å². The lowest BCUT2D eigenvalue weighted by Gasteiger charge is -2.56. The molecule has 2 fully saturated rings. The van der Waals surface area contributed by atoms with Crippen molar-refractivity contribution in [1.82, 2.24) is 4.98 Å².